The van der Waals surface area contributed by atoms with Crippen LogP contribution < -0.4 is 25.2 Å². The lowest BCUT2D eigenvalue weighted by Gasteiger charge is -2.11. The first-order valence-corrected chi connectivity index (χ1v) is 9.38. The molecule has 1 aliphatic heterocycles. The van der Waals surface area contributed by atoms with Crippen LogP contribution >= 0.6 is 15.9 Å². The minimum atomic E-state index is -1.20. The van der Waals surface area contributed by atoms with E-state index in [1.165, 1.54) is 12.1 Å². The summed E-state index contributed by atoms with van der Waals surface area (Å²) in [6.45, 7) is 0.214. The van der Waals surface area contributed by atoms with Gasteiger partial charge in [-0.05, 0) is 64.7 Å². The molecule has 1 aromatic heterocycles. The van der Waals surface area contributed by atoms with Gasteiger partial charge in [0, 0.05) is 12.5 Å². The average molecular weight is 464 g/mol. The first-order valence-electron chi connectivity index (χ1n) is 8.58. The lowest BCUT2D eigenvalue weighted by atomic mass is 10.1. The molecule has 29 heavy (non-hydrogen) atoms. The molecule has 1 aromatic carbocycles. The number of aliphatic carboxylic acids is 1. The Morgan fingerprint density at radius 2 is 1.93 bits per heavy atom. The number of benzene rings is 1. The molecule has 152 valence electrons. The van der Waals surface area contributed by atoms with Gasteiger partial charge < -0.3 is 34.4 Å². The number of hydrogen-bond acceptors (Lipinski definition) is 7. The number of carbonyl (C=O) groups is 3. The van der Waals surface area contributed by atoms with Crippen LogP contribution in [-0.4, -0.2) is 31.1 Å². The van der Waals surface area contributed by atoms with Crippen molar-refractivity contribution in [3.63, 3.8) is 0 Å². The third-order valence-corrected chi connectivity index (χ3v) is 4.27. The molecule has 0 bridgehead atoms. The number of ether oxygens (including phenoxy) is 2. The highest BCUT2D eigenvalue weighted by Gasteiger charge is 2.18. The first-order chi connectivity index (χ1) is 13.9. The molecular formula is C19H16BrN2O7-. The second kappa shape index (κ2) is 9.28. The van der Waals surface area contributed by atoms with E-state index in [0.29, 0.717) is 21.7 Å². The Kier molecular flexibility index (Phi) is 6.55. The summed E-state index contributed by atoms with van der Waals surface area (Å²) in [5.41, 5.74) is 0.546. The van der Waals surface area contributed by atoms with Gasteiger partial charge in [-0.15, -0.1) is 0 Å². The molecule has 3 rings (SSSR count). The minimum absolute atomic E-state index is 0.0122. The monoisotopic (exact) mass is 463 g/mol. The molecule has 2 amide bonds. The van der Waals surface area contributed by atoms with Gasteiger partial charge in [0.2, 0.25) is 6.79 Å². The average Bonchev–Trinajstić information content (AvgIpc) is 3.32. The number of hydrogen-bond donors (Lipinski definition) is 2. The number of amides is 2. The highest BCUT2D eigenvalue weighted by atomic mass is 79.9. The van der Waals surface area contributed by atoms with Gasteiger partial charge in [0.15, 0.2) is 21.9 Å². The van der Waals surface area contributed by atoms with Crippen LogP contribution in [0.25, 0.3) is 6.08 Å². The molecule has 2 N–H and O–H groups in total. The molecule has 2 aromatic rings. The van der Waals surface area contributed by atoms with Gasteiger partial charge in [0.05, 0.1) is 0 Å². The molecule has 0 spiro atoms. The van der Waals surface area contributed by atoms with Gasteiger partial charge in [-0.1, -0.05) is 6.07 Å². The van der Waals surface area contributed by atoms with E-state index >= 15 is 0 Å². The largest absolute Gasteiger partial charge is 0.550 e. The van der Waals surface area contributed by atoms with Crippen molar-refractivity contribution in [1.82, 2.24) is 10.6 Å². The van der Waals surface area contributed by atoms with Crippen LogP contribution in [0.2, 0.25) is 0 Å². The molecule has 0 saturated carbocycles. The maximum Gasteiger partial charge on any atom is 0.291 e. The van der Waals surface area contributed by atoms with Crippen LogP contribution in [0.15, 0.2) is 45.1 Å². The number of fused-ring (bicyclic) bond motifs is 1. The summed E-state index contributed by atoms with van der Waals surface area (Å²) < 4.78 is 16.1. The summed E-state index contributed by atoms with van der Waals surface area (Å²) in [5.74, 6) is -1.29. The topological polar surface area (TPSA) is 130 Å². The van der Waals surface area contributed by atoms with Crippen molar-refractivity contribution in [3.05, 3.63) is 52.0 Å². The minimum Gasteiger partial charge on any atom is -0.550 e. The van der Waals surface area contributed by atoms with E-state index in [-0.39, 0.29) is 37.6 Å². The van der Waals surface area contributed by atoms with Gasteiger partial charge in [-0.2, -0.15) is 0 Å². The van der Waals surface area contributed by atoms with E-state index in [9.17, 15) is 19.5 Å². The Balaban J connectivity index is 1.77. The number of carboxylic acids is 1. The smallest absolute Gasteiger partial charge is 0.291 e. The Bertz CT molecular complexity index is 967. The molecule has 1 aliphatic rings. The van der Waals surface area contributed by atoms with E-state index in [1.807, 2.05) is 0 Å². The quantitative estimate of drug-likeness (QED) is 0.444. The van der Waals surface area contributed by atoms with E-state index in [4.69, 9.17) is 13.9 Å². The van der Waals surface area contributed by atoms with Crippen LogP contribution in [0.4, 0.5) is 0 Å². The Labute approximate surface area is 173 Å². The maximum atomic E-state index is 12.5. The summed E-state index contributed by atoms with van der Waals surface area (Å²) in [6.07, 6.45) is 1.48. The molecular weight excluding hydrogens is 448 g/mol. The SMILES string of the molecule is O=C([O-])CCCNC(=O)/C(=C/c1ccc2c(c1)OCO2)NC(=O)c1ccc(Br)o1. The summed E-state index contributed by atoms with van der Waals surface area (Å²) in [5, 5.41) is 15.6. The number of carboxylic acid groups (broad SMARTS) is 1. The van der Waals surface area contributed by atoms with Crippen molar-refractivity contribution in [2.45, 2.75) is 12.8 Å². The fourth-order valence-electron chi connectivity index (χ4n) is 2.48. The van der Waals surface area contributed by atoms with Gasteiger partial charge >= 0.3 is 0 Å². The summed E-state index contributed by atoms with van der Waals surface area (Å²) in [6, 6.07) is 8.06. The van der Waals surface area contributed by atoms with Crippen molar-refractivity contribution >= 4 is 39.8 Å². The highest BCUT2D eigenvalue weighted by molar-refractivity contribution is 9.10. The fourth-order valence-corrected chi connectivity index (χ4v) is 2.78. The Morgan fingerprint density at radius 3 is 2.66 bits per heavy atom. The van der Waals surface area contributed by atoms with Crippen molar-refractivity contribution in [2.75, 3.05) is 13.3 Å². The van der Waals surface area contributed by atoms with Crippen LogP contribution in [0.1, 0.15) is 29.0 Å². The van der Waals surface area contributed by atoms with E-state index in [2.05, 4.69) is 26.6 Å². The number of rotatable bonds is 8. The molecule has 10 heteroatoms. The Morgan fingerprint density at radius 1 is 1.14 bits per heavy atom. The van der Waals surface area contributed by atoms with Gasteiger partial charge in [0.25, 0.3) is 11.8 Å². The normalized spacial score (nSPS) is 12.5. The van der Waals surface area contributed by atoms with Gasteiger partial charge in [-0.3, -0.25) is 9.59 Å². The molecule has 0 aliphatic carbocycles. The zero-order valence-electron chi connectivity index (χ0n) is 15.0. The summed E-state index contributed by atoms with van der Waals surface area (Å²) >= 11 is 3.11. The zero-order valence-corrected chi connectivity index (χ0v) is 16.6. The van der Waals surface area contributed by atoms with Crippen molar-refractivity contribution in [2.24, 2.45) is 0 Å². The van der Waals surface area contributed by atoms with E-state index in [0.717, 1.165) is 0 Å². The van der Waals surface area contributed by atoms with Crippen LogP contribution in [-0.2, 0) is 9.59 Å². The fraction of sp³-hybridized carbons (Fsp3) is 0.211. The van der Waals surface area contributed by atoms with Crippen molar-refractivity contribution in [1.29, 1.82) is 0 Å². The first kappa shape index (κ1) is 20.5. The van der Waals surface area contributed by atoms with Crippen molar-refractivity contribution < 1.29 is 33.4 Å². The molecule has 0 fully saturated rings. The molecule has 2 heterocycles. The highest BCUT2D eigenvalue weighted by Crippen LogP contribution is 2.33. The molecule has 0 saturated heterocycles. The van der Waals surface area contributed by atoms with E-state index < -0.39 is 17.8 Å². The molecule has 0 atom stereocenters. The maximum absolute atomic E-state index is 12.5. The predicted octanol–water partition coefficient (Wildman–Crippen LogP) is 1.19. The van der Waals surface area contributed by atoms with Crippen LogP contribution in [0.5, 0.6) is 11.5 Å². The second-order valence-corrected chi connectivity index (χ2v) is 6.74. The Hall–Kier alpha value is -3.27. The van der Waals surface area contributed by atoms with Crippen molar-refractivity contribution in [3.8, 4) is 11.5 Å². The summed E-state index contributed by atoms with van der Waals surface area (Å²) in [4.78, 5) is 35.4. The standard InChI is InChI=1S/C19H17BrN2O7/c20-16-6-5-14(29-16)19(26)22-12(18(25)21-7-1-2-17(23)24)8-11-3-4-13-15(9-11)28-10-27-13/h3-6,8-9H,1-2,7,10H2,(H,21,25)(H,22,26)(H,23,24)/p-1/b12-8-. The lowest BCUT2D eigenvalue weighted by molar-refractivity contribution is -0.305. The number of carbonyl (C=O) groups excluding carboxylic acids is 3. The molecule has 0 radical (unpaired) electrons. The number of furan rings is 1. The van der Waals surface area contributed by atoms with E-state index in [1.54, 1.807) is 24.3 Å². The second-order valence-electron chi connectivity index (χ2n) is 5.96. The molecule has 9 nitrogen and oxygen atoms in total. The number of halogens is 1. The third-order valence-electron chi connectivity index (χ3n) is 3.84. The third kappa shape index (κ3) is 5.61. The van der Waals surface area contributed by atoms with Gasteiger partial charge in [0.1, 0.15) is 5.70 Å². The summed E-state index contributed by atoms with van der Waals surface area (Å²) in [7, 11) is 0. The zero-order chi connectivity index (χ0) is 20.8. The van der Waals surface area contributed by atoms with Crippen LogP contribution in [0, 0.1) is 0 Å². The predicted molar refractivity (Wildman–Crippen MR) is 102 cm³/mol. The van der Waals surface area contributed by atoms with Gasteiger partial charge in [-0.25, -0.2) is 0 Å². The number of nitrogens with one attached hydrogen (secondary N) is 2. The van der Waals surface area contributed by atoms with Crippen LogP contribution in [0.3, 0.4) is 0 Å². The lowest BCUT2D eigenvalue weighted by Crippen LogP contribution is -2.35. The molecule has 0 unspecified atom stereocenters.